The van der Waals surface area contributed by atoms with Gasteiger partial charge in [0.05, 0.1) is 11.9 Å². The summed E-state index contributed by atoms with van der Waals surface area (Å²) in [6.07, 6.45) is 0. The standard InChI is InChI=1S/C19H19NO6/c1-10-4-12(3)16(5-11(10)2)26-9-17(21)20-15-7-13(18(22)23)6-14(8-15)19(24)25/h4-8H,9H2,1-3H3,(H,20,21)(H,22,23)(H,24,25)/p-2. The molecule has 7 nitrogen and oxygen atoms in total. The van der Waals surface area contributed by atoms with Crippen molar-refractivity contribution in [3.8, 4) is 5.75 Å². The number of ether oxygens (including phenoxy) is 1. The molecule has 0 saturated carbocycles. The highest BCUT2D eigenvalue weighted by atomic mass is 16.5. The summed E-state index contributed by atoms with van der Waals surface area (Å²) >= 11 is 0. The van der Waals surface area contributed by atoms with Gasteiger partial charge in [-0.25, -0.2) is 0 Å². The molecule has 0 aromatic heterocycles. The van der Waals surface area contributed by atoms with Gasteiger partial charge < -0.3 is 29.9 Å². The Labute approximate surface area is 150 Å². The van der Waals surface area contributed by atoms with Crippen LogP contribution >= 0.6 is 0 Å². The summed E-state index contributed by atoms with van der Waals surface area (Å²) in [6.45, 7) is 5.43. The largest absolute Gasteiger partial charge is 0.545 e. The summed E-state index contributed by atoms with van der Waals surface area (Å²) in [5.41, 5.74) is 2.23. The normalized spacial score (nSPS) is 10.3. The number of carboxylic acids is 2. The van der Waals surface area contributed by atoms with Crippen molar-refractivity contribution in [2.24, 2.45) is 0 Å². The fourth-order valence-electron chi connectivity index (χ4n) is 2.37. The maximum Gasteiger partial charge on any atom is 0.262 e. The molecule has 0 atom stereocenters. The van der Waals surface area contributed by atoms with E-state index in [0.717, 1.165) is 34.9 Å². The van der Waals surface area contributed by atoms with Crippen LogP contribution in [0.25, 0.3) is 0 Å². The number of aromatic carboxylic acids is 2. The van der Waals surface area contributed by atoms with Crippen LogP contribution in [0.1, 0.15) is 37.4 Å². The minimum atomic E-state index is -1.56. The van der Waals surface area contributed by atoms with Crippen molar-refractivity contribution in [3.05, 3.63) is 58.1 Å². The summed E-state index contributed by atoms with van der Waals surface area (Å²) in [5, 5.41) is 24.3. The minimum absolute atomic E-state index is 0.00342. The number of amides is 1. The predicted molar refractivity (Wildman–Crippen MR) is 89.9 cm³/mol. The third-order valence-corrected chi connectivity index (χ3v) is 3.84. The molecule has 2 rings (SSSR count). The van der Waals surface area contributed by atoms with Gasteiger partial charge in [0, 0.05) is 5.69 Å². The zero-order valence-corrected chi connectivity index (χ0v) is 14.5. The molecule has 0 aliphatic rings. The molecule has 0 aliphatic heterocycles. The van der Waals surface area contributed by atoms with E-state index in [-0.39, 0.29) is 23.4 Å². The molecule has 0 bridgehead atoms. The Hall–Kier alpha value is -3.35. The van der Waals surface area contributed by atoms with Crippen molar-refractivity contribution in [2.75, 3.05) is 11.9 Å². The second-order valence-corrected chi connectivity index (χ2v) is 5.91. The third kappa shape index (κ3) is 4.60. The zero-order valence-electron chi connectivity index (χ0n) is 14.5. The van der Waals surface area contributed by atoms with Crippen molar-refractivity contribution in [1.82, 2.24) is 0 Å². The monoisotopic (exact) mass is 355 g/mol. The first-order valence-corrected chi connectivity index (χ1v) is 7.75. The fraction of sp³-hybridized carbons (Fsp3) is 0.211. The van der Waals surface area contributed by atoms with Crippen molar-refractivity contribution in [3.63, 3.8) is 0 Å². The highest BCUT2D eigenvalue weighted by Gasteiger charge is 2.09. The molecule has 2 aromatic rings. The number of benzene rings is 2. The van der Waals surface area contributed by atoms with E-state index < -0.39 is 17.8 Å². The van der Waals surface area contributed by atoms with Crippen LogP contribution in [0.3, 0.4) is 0 Å². The number of rotatable bonds is 6. The average molecular weight is 355 g/mol. The Bertz CT molecular complexity index is 856. The van der Waals surface area contributed by atoms with Gasteiger partial charge in [0.15, 0.2) is 6.61 Å². The van der Waals surface area contributed by atoms with Crippen LogP contribution in [0.2, 0.25) is 0 Å². The van der Waals surface area contributed by atoms with E-state index in [1.807, 2.05) is 32.9 Å². The quantitative estimate of drug-likeness (QED) is 0.799. The van der Waals surface area contributed by atoms with Crippen LogP contribution in [0.4, 0.5) is 5.69 Å². The van der Waals surface area contributed by atoms with Crippen molar-refractivity contribution < 1.29 is 29.3 Å². The molecule has 0 heterocycles. The lowest BCUT2D eigenvalue weighted by Crippen LogP contribution is -2.27. The van der Waals surface area contributed by atoms with Crippen LogP contribution in [0.5, 0.6) is 5.75 Å². The molecular formula is C19H17NO6-2. The van der Waals surface area contributed by atoms with Gasteiger partial charge in [-0.1, -0.05) is 6.07 Å². The van der Waals surface area contributed by atoms with Crippen LogP contribution in [-0.4, -0.2) is 24.5 Å². The van der Waals surface area contributed by atoms with E-state index in [0.29, 0.717) is 5.75 Å². The second-order valence-electron chi connectivity index (χ2n) is 5.91. The number of hydrogen-bond donors (Lipinski definition) is 1. The Balaban J connectivity index is 2.11. The van der Waals surface area contributed by atoms with Crippen LogP contribution in [-0.2, 0) is 4.79 Å². The Kier molecular flexibility index (Phi) is 5.61. The van der Waals surface area contributed by atoms with Crippen molar-refractivity contribution >= 4 is 23.5 Å². The van der Waals surface area contributed by atoms with Crippen LogP contribution in [0.15, 0.2) is 30.3 Å². The number of carbonyl (C=O) groups is 3. The summed E-state index contributed by atoms with van der Waals surface area (Å²) in [4.78, 5) is 34.0. The highest BCUT2D eigenvalue weighted by molar-refractivity contribution is 5.97. The SMILES string of the molecule is Cc1cc(C)c(OCC(=O)Nc2cc(C(=O)[O-])cc(C(=O)[O-])c2)cc1C. The van der Waals surface area contributed by atoms with Crippen LogP contribution in [0, 0.1) is 20.8 Å². The van der Waals surface area contributed by atoms with E-state index in [4.69, 9.17) is 4.74 Å². The van der Waals surface area contributed by atoms with Gasteiger partial charge >= 0.3 is 0 Å². The smallest absolute Gasteiger partial charge is 0.262 e. The molecule has 0 spiro atoms. The third-order valence-electron chi connectivity index (χ3n) is 3.84. The summed E-state index contributed by atoms with van der Waals surface area (Å²) < 4.78 is 5.49. The van der Waals surface area contributed by atoms with Crippen molar-refractivity contribution in [2.45, 2.75) is 20.8 Å². The van der Waals surface area contributed by atoms with E-state index in [1.54, 1.807) is 0 Å². The topological polar surface area (TPSA) is 119 Å². The van der Waals surface area contributed by atoms with E-state index in [2.05, 4.69) is 5.32 Å². The average Bonchev–Trinajstić information content (AvgIpc) is 2.56. The van der Waals surface area contributed by atoms with Gasteiger partial charge in [-0.05, 0) is 72.9 Å². The van der Waals surface area contributed by atoms with Gasteiger partial charge in [0.25, 0.3) is 5.91 Å². The lowest BCUT2D eigenvalue weighted by Gasteiger charge is -2.14. The van der Waals surface area contributed by atoms with Crippen molar-refractivity contribution in [1.29, 1.82) is 0 Å². The molecule has 1 amide bonds. The molecule has 0 saturated heterocycles. The first-order chi connectivity index (χ1) is 12.2. The Morgan fingerprint density at radius 3 is 1.92 bits per heavy atom. The Morgan fingerprint density at radius 1 is 0.846 bits per heavy atom. The molecule has 7 heteroatoms. The van der Waals surface area contributed by atoms with E-state index in [9.17, 15) is 24.6 Å². The molecular weight excluding hydrogens is 338 g/mol. The number of carbonyl (C=O) groups excluding carboxylic acids is 3. The van der Waals surface area contributed by atoms with Crippen LogP contribution < -0.4 is 20.3 Å². The molecule has 26 heavy (non-hydrogen) atoms. The lowest BCUT2D eigenvalue weighted by molar-refractivity contribution is -0.255. The summed E-state index contributed by atoms with van der Waals surface area (Å²) in [7, 11) is 0. The van der Waals surface area contributed by atoms with E-state index >= 15 is 0 Å². The maximum absolute atomic E-state index is 12.0. The molecule has 0 radical (unpaired) electrons. The number of carboxylic acid groups (broad SMARTS) is 2. The van der Waals surface area contributed by atoms with Gasteiger partial charge in [0.1, 0.15) is 5.75 Å². The molecule has 0 aliphatic carbocycles. The lowest BCUT2D eigenvalue weighted by atomic mass is 10.1. The van der Waals surface area contributed by atoms with Gasteiger partial charge in [-0.3, -0.25) is 4.79 Å². The maximum atomic E-state index is 12.0. The second kappa shape index (κ2) is 7.69. The van der Waals surface area contributed by atoms with Gasteiger partial charge in [0.2, 0.25) is 0 Å². The molecule has 136 valence electrons. The molecule has 0 fully saturated rings. The minimum Gasteiger partial charge on any atom is -0.545 e. The number of aryl methyl sites for hydroxylation is 3. The number of anilines is 1. The first kappa shape index (κ1) is 19.0. The summed E-state index contributed by atoms with van der Waals surface area (Å²) in [6, 6.07) is 6.86. The molecule has 0 unspecified atom stereocenters. The predicted octanol–water partition coefficient (Wildman–Crippen LogP) is 0.356. The Morgan fingerprint density at radius 2 is 1.38 bits per heavy atom. The molecule has 1 N–H and O–H groups in total. The highest BCUT2D eigenvalue weighted by Crippen LogP contribution is 2.22. The molecule has 2 aromatic carbocycles. The number of hydrogen-bond acceptors (Lipinski definition) is 6. The first-order valence-electron chi connectivity index (χ1n) is 7.75. The van der Waals surface area contributed by atoms with Gasteiger partial charge in [-0.15, -0.1) is 0 Å². The number of nitrogens with one attached hydrogen (secondary N) is 1. The zero-order chi connectivity index (χ0) is 19.4. The summed E-state index contributed by atoms with van der Waals surface area (Å²) in [5.74, 6) is -3.14. The fourth-order valence-corrected chi connectivity index (χ4v) is 2.37. The van der Waals surface area contributed by atoms with E-state index in [1.165, 1.54) is 0 Å². The van der Waals surface area contributed by atoms with Gasteiger partial charge in [-0.2, -0.15) is 0 Å².